The van der Waals surface area contributed by atoms with E-state index >= 15 is 0 Å². The van der Waals surface area contributed by atoms with E-state index in [2.05, 4.69) is 34.9 Å². The van der Waals surface area contributed by atoms with E-state index in [1.807, 2.05) is 38.1 Å². The fraction of sp³-hybridized carbons (Fsp3) is 0.464. The Morgan fingerprint density at radius 1 is 1.03 bits per heavy atom. The van der Waals surface area contributed by atoms with Gasteiger partial charge >= 0.3 is 12.1 Å². The summed E-state index contributed by atoms with van der Waals surface area (Å²) < 4.78 is 5.61. The highest BCUT2D eigenvalue weighted by Gasteiger charge is 2.35. The number of carbonyl (C=O) groups excluding carboxylic acids is 2. The Morgan fingerprint density at radius 2 is 1.63 bits per heavy atom. The first kappa shape index (κ1) is 24.8. The first-order valence-corrected chi connectivity index (χ1v) is 12.5. The van der Waals surface area contributed by atoms with Crippen molar-refractivity contribution < 1.29 is 24.2 Å². The number of amides is 2. The summed E-state index contributed by atoms with van der Waals surface area (Å²) in [7, 11) is 0. The van der Waals surface area contributed by atoms with Crippen molar-refractivity contribution in [3.05, 3.63) is 59.7 Å². The average molecular weight is 479 g/mol. The summed E-state index contributed by atoms with van der Waals surface area (Å²) in [6.07, 6.45) is 2.37. The first-order chi connectivity index (χ1) is 16.9. The van der Waals surface area contributed by atoms with Crippen LogP contribution in [-0.4, -0.2) is 42.3 Å². The average Bonchev–Trinajstić information content (AvgIpc) is 3.66. The molecule has 1 saturated carbocycles. The Hall–Kier alpha value is -3.35. The normalized spacial score (nSPS) is 17.0. The summed E-state index contributed by atoms with van der Waals surface area (Å²) in [6.45, 7) is 4.29. The van der Waals surface area contributed by atoms with Crippen molar-refractivity contribution >= 4 is 18.0 Å². The molecule has 2 aromatic carbocycles. The minimum absolute atomic E-state index is 0.00772. The third-order valence-electron chi connectivity index (χ3n) is 7.38. The van der Waals surface area contributed by atoms with Crippen LogP contribution in [0.2, 0.25) is 0 Å². The molecular formula is C28H34N2O5. The molecule has 7 heteroatoms. The number of ether oxygens (including phenoxy) is 1. The van der Waals surface area contributed by atoms with E-state index in [1.54, 1.807) is 0 Å². The number of hydrogen-bond acceptors (Lipinski definition) is 4. The van der Waals surface area contributed by atoms with Gasteiger partial charge in [-0.25, -0.2) is 9.59 Å². The van der Waals surface area contributed by atoms with Gasteiger partial charge in [-0.1, -0.05) is 68.8 Å². The SMILES string of the molecule is CC[C@H](C)[C@H](NC(=O)CC(CNC(=O)OCC1c2ccccc2-c2ccccc21)C1CC1)C(=O)O. The van der Waals surface area contributed by atoms with Crippen LogP contribution in [0.3, 0.4) is 0 Å². The number of fused-ring (bicyclic) bond motifs is 3. The molecule has 0 aromatic heterocycles. The van der Waals surface area contributed by atoms with Gasteiger partial charge in [0.25, 0.3) is 0 Å². The summed E-state index contributed by atoms with van der Waals surface area (Å²) in [5.74, 6) is -1.15. The van der Waals surface area contributed by atoms with E-state index in [-0.39, 0.29) is 36.7 Å². The van der Waals surface area contributed by atoms with E-state index in [0.717, 1.165) is 24.0 Å². The molecule has 1 unspecified atom stereocenters. The second-order valence-electron chi connectivity index (χ2n) is 9.78. The number of alkyl carbamates (subject to hydrolysis) is 1. The molecule has 186 valence electrons. The molecule has 2 amide bonds. The zero-order chi connectivity index (χ0) is 24.9. The van der Waals surface area contributed by atoms with Crippen molar-refractivity contribution in [2.75, 3.05) is 13.2 Å². The standard InChI is InChI=1S/C28H34N2O5/c1-3-17(2)26(27(32)33)30-25(31)14-19(18-12-13-18)15-29-28(34)35-16-24-22-10-6-4-8-20(22)21-9-5-7-11-23(21)24/h4-11,17-19,24,26H,3,12-16H2,1-2H3,(H,29,34)(H,30,31)(H,32,33)/t17-,19?,26-/m0/s1. The number of nitrogens with one attached hydrogen (secondary N) is 2. The largest absolute Gasteiger partial charge is 0.480 e. The van der Waals surface area contributed by atoms with Gasteiger partial charge in [-0.05, 0) is 52.8 Å². The Kier molecular flexibility index (Phi) is 7.73. The second-order valence-corrected chi connectivity index (χ2v) is 9.78. The lowest BCUT2D eigenvalue weighted by atomic mass is 9.96. The van der Waals surface area contributed by atoms with Gasteiger partial charge in [0, 0.05) is 18.9 Å². The molecule has 3 N–H and O–H groups in total. The molecule has 1 fully saturated rings. The van der Waals surface area contributed by atoms with Crippen LogP contribution in [0.1, 0.15) is 56.6 Å². The second kappa shape index (κ2) is 10.9. The van der Waals surface area contributed by atoms with Gasteiger partial charge in [0.1, 0.15) is 12.6 Å². The molecular weight excluding hydrogens is 444 g/mol. The van der Waals surface area contributed by atoms with Gasteiger partial charge in [-0.15, -0.1) is 0 Å². The molecule has 0 radical (unpaired) electrons. The van der Waals surface area contributed by atoms with Crippen LogP contribution in [0, 0.1) is 17.8 Å². The van der Waals surface area contributed by atoms with Crippen LogP contribution in [0.15, 0.2) is 48.5 Å². The third-order valence-corrected chi connectivity index (χ3v) is 7.38. The molecule has 2 aromatic rings. The van der Waals surface area contributed by atoms with E-state index in [0.29, 0.717) is 18.9 Å². The molecule has 0 bridgehead atoms. The van der Waals surface area contributed by atoms with Crippen molar-refractivity contribution in [1.82, 2.24) is 10.6 Å². The maximum absolute atomic E-state index is 12.6. The van der Waals surface area contributed by atoms with Gasteiger partial charge in [0.15, 0.2) is 0 Å². The topological polar surface area (TPSA) is 105 Å². The van der Waals surface area contributed by atoms with Crippen LogP contribution < -0.4 is 10.6 Å². The molecule has 7 nitrogen and oxygen atoms in total. The number of carboxylic acid groups (broad SMARTS) is 1. The number of aliphatic carboxylic acids is 1. The van der Waals surface area contributed by atoms with Crippen LogP contribution in [-0.2, 0) is 14.3 Å². The van der Waals surface area contributed by atoms with Crippen molar-refractivity contribution in [3.8, 4) is 11.1 Å². The summed E-state index contributed by atoms with van der Waals surface area (Å²) >= 11 is 0. The number of carbonyl (C=O) groups is 3. The minimum atomic E-state index is -1.02. The Labute approximate surface area is 206 Å². The smallest absolute Gasteiger partial charge is 0.407 e. The van der Waals surface area contributed by atoms with Crippen LogP contribution >= 0.6 is 0 Å². The predicted octanol–water partition coefficient (Wildman–Crippen LogP) is 4.56. The van der Waals surface area contributed by atoms with E-state index in [9.17, 15) is 19.5 Å². The van der Waals surface area contributed by atoms with Crippen molar-refractivity contribution in [2.24, 2.45) is 17.8 Å². The molecule has 0 spiro atoms. The van der Waals surface area contributed by atoms with Gasteiger partial charge in [-0.2, -0.15) is 0 Å². The minimum Gasteiger partial charge on any atom is -0.480 e. The van der Waals surface area contributed by atoms with Crippen molar-refractivity contribution in [1.29, 1.82) is 0 Å². The van der Waals surface area contributed by atoms with Gasteiger partial charge in [0.05, 0.1) is 0 Å². The number of rotatable bonds is 11. The zero-order valence-electron chi connectivity index (χ0n) is 20.3. The molecule has 3 atom stereocenters. The van der Waals surface area contributed by atoms with Crippen LogP contribution in [0.5, 0.6) is 0 Å². The summed E-state index contributed by atoms with van der Waals surface area (Å²) in [5.41, 5.74) is 4.66. The van der Waals surface area contributed by atoms with E-state index in [1.165, 1.54) is 11.1 Å². The number of carboxylic acids is 1. The Bertz CT molecular complexity index is 1040. The lowest BCUT2D eigenvalue weighted by Gasteiger charge is -2.22. The predicted molar refractivity (Wildman–Crippen MR) is 133 cm³/mol. The molecule has 0 saturated heterocycles. The molecule has 35 heavy (non-hydrogen) atoms. The Morgan fingerprint density at radius 3 is 2.17 bits per heavy atom. The van der Waals surface area contributed by atoms with Gasteiger partial charge in [0.2, 0.25) is 5.91 Å². The first-order valence-electron chi connectivity index (χ1n) is 12.5. The lowest BCUT2D eigenvalue weighted by Crippen LogP contribution is -2.46. The highest BCUT2D eigenvalue weighted by atomic mass is 16.5. The zero-order valence-corrected chi connectivity index (χ0v) is 20.3. The number of hydrogen-bond donors (Lipinski definition) is 3. The Balaban J connectivity index is 1.30. The maximum Gasteiger partial charge on any atom is 0.407 e. The molecule has 2 aliphatic carbocycles. The summed E-state index contributed by atoms with van der Waals surface area (Å²) in [4.78, 5) is 36.7. The van der Waals surface area contributed by atoms with E-state index < -0.39 is 18.1 Å². The molecule has 0 aliphatic heterocycles. The fourth-order valence-electron chi connectivity index (χ4n) is 4.99. The lowest BCUT2D eigenvalue weighted by molar-refractivity contribution is -0.143. The third kappa shape index (κ3) is 5.84. The highest BCUT2D eigenvalue weighted by molar-refractivity contribution is 5.84. The molecule has 4 rings (SSSR count). The van der Waals surface area contributed by atoms with Crippen LogP contribution in [0.25, 0.3) is 11.1 Å². The maximum atomic E-state index is 12.6. The number of benzene rings is 2. The fourth-order valence-corrected chi connectivity index (χ4v) is 4.99. The van der Waals surface area contributed by atoms with Gasteiger partial charge < -0.3 is 20.5 Å². The summed E-state index contributed by atoms with van der Waals surface area (Å²) in [5, 5.41) is 14.9. The van der Waals surface area contributed by atoms with Crippen LogP contribution in [0.4, 0.5) is 4.79 Å². The van der Waals surface area contributed by atoms with E-state index in [4.69, 9.17) is 4.74 Å². The van der Waals surface area contributed by atoms with Crippen molar-refractivity contribution in [2.45, 2.75) is 51.5 Å². The molecule has 0 heterocycles. The summed E-state index contributed by atoms with van der Waals surface area (Å²) in [6, 6.07) is 15.5. The quantitative estimate of drug-likeness (QED) is 0.439. The van der Waals surface area contributed by atoms with Gasteiger partial charge in [-0.3, -0.25) is 4.79 Å². The monoisotopic (exact) mass is 478 g/mol. The molecule has 2 aliphatic rings. The van der Waals surface area contributed by atoms with Crippen molar-refractivity contribution in [3.63, 3.8) is 0 Å². The highest BCUT2D eigenvalue weighted by Crippen LogP contribution is 2.44.